The summed E-state index contributed by atoms with van der Waals surface area (Å²) in [6.07, 6.45) is 2.70. The fourth-order valence-electron chi connectivity index (χ4n) is 3.52. The van der Waals surface area contributed by atoms with Crippen LogP contribution < -0.4 is 10.5 Å². The molecule has 1 atom stereocenters. The van der Waals surface area contributed by atoms with E-state index in [9.17, 15) is 9.90 Å². The summed E-state index contributed by atoms with van der Waals surface area (Å²) in [5, 5.41) is 10.6. The summed E-state index contributed by atoms with van der Waals surface area (Å²) >= 11 is 1.65. The minimum atomic E-state index is -0.471. The number of aryl methyl sites for hydroxylation is 2. The third-order valence-corrected chi connectivity index (χ3v) is 5.76. The number of fused-ring (bicyclic) bond motifs is 3. The maximum absolute atomic E-state index is 12.6. The van der Waals surface area contributed by atoms with Crippen molar-refractivity contribution in [2.24, 2.45) is 0 Å². The second kappa shape index (κ2) is 6.61. The van der Waals surface area contributed by atoms with Crippen molar-refractivity contribution in [1.82, 2.24) is 9.97 Å². The second-order valence-electron chi connectivity index (χ2n) is 6.62. The highest BCUT2D eigenvalue weighted by molar-refractivity contribution is 7.18. The Morgan fingerprint density at radius 1 is 1.32 bits per heavy atom. The number of aliphatic hydroxyl groups excluding tert-OH is 1. The van der Waals surface area contributed by atoms with E-state index in [0.29, 0.717) is 18.9 Å². The first kappa shape index (κ1) is 16.3. The molecular weight excluding hydrogens is 334 g/mol. The minimum Gasteiger partial charge on any atom is -0.392 e. The summed E-state index contributed by atoms with van der Waals surface area (Å²) in [6.45, 7) is 2.70. The summed E-state index contributed by atoms with van der Waals surface area (Å²) in [7, 11) is 0. The van der Waals surface area contributed by atoms with E-state index in [4.69, 9.17) is 4.98 Å². The van der Waals surface area contributed by atoms with E-state index < -0.39 is 6.10 Å². The SMILES string of the molecule is CC(O)CN(Cc1nc2sc3c(c2c(=O)[nH]1)CCC3)c1ccccc1. The number of aromatic nitrogens is 2. The van der Waals surface area contributed by atoms with Crippen LogP contribution in [0.1, 0.15) is 29.6 Å². The average Bonchev–Trinajstić information content (AvgIpc) is 3.15. The molecule has 25 heavy (non-hydrogen) atoms. The van der Waals surface area contributed by atoms with Crippen molar-refractivity contribution in [2.45, 2.75) is 38.8 Å². The second-order valence-corrected chi connectivity index (χ2v) is 7.70. The summed E-state index contributed by atoms with van der Waals surface area (Å²) in [6, 6.07) is 9.89. The minimum absolute atomic E-state index is 0.0375. The number of nitrogens with zero attached hydrogens (tertiary/aromatic N) is 2. The van der Waals surface area contributed by atoms with Crippen LogP contribution in [0.4, 0.5) is 5.69 Å². The van der Waals surface area contributed by atoms with Gasteiger partial charge in [-0.05, 0) is 43.9 Å². The highest BCUT2D eigenvalue weighted by Crippen LogP contribution is 2.34. The Labute approximate surface area is 150 Å². The molecule has 0 spiro atoms. The maximum atomic E-state index is 12.6. The van der Waals surface area contributed by atoms with Gasteiger partial charge in [-0.3, -0.25) is 4.79 Å². The maximum Gasteiger partial charge on any atom is 0.259 e. The van der Waals surface area contributed by atoms with Crippen LogP contribution in [0.2, 0.25) is 0 Å². The van der Waals surface area contributed by atoms with Crippen LogP contribution in [0.15, 0.2) is 35.1 Å². The van der Waals surface area contributed by atoms with Crippen molar-refractivity contribution < 1.29 is 5.11 Å². The number of H-pyrrole nitrogens is 1. The topological polar surface area (TPSA) is 69.2 Å². The quantitative estimate of drug-likeness (QED) is 0.738. The lowest BCUT2D eigenvalue weighted by molar-refractivity contribution is 0.199. The number of aromatic amines is 1. The summed E-state index contributed by atoms with van der Waals surface area (Å²) in [5.41, 5.74) is 2.16. The molecule has 4 rings (SSSR count). The van der Waals surface area contributed by atoms with E-state index in [1.807, 2.05) is 35.2 Å². The molecule has 6 heteroatoms. The summed E-state index contributed by atoms with van der Waals surface area (Å²) in [5.74, 6) is 0.641. The largest absolute Gasteiger partial charge is 0.392 e. The molecule has 3 aromatic rings. The zero-order valence-electron chi connectivity index (χ0n) is 14.2. The van der Waals surface area contributed by atoms with E-state index in [1.165, 1.54) is 10.4 Å². The Morgan fingerprint density at radius 3 is 2.88 bits per heavy atom. The van der Waals surface area contributed by atoms with E-state index in [-0.39, 0.29) is 5.56 Å². The molecule has 1 aromatic carbocycles. The molecule has 0 saturated heterocycles. The van der Waals surface area contributed by atoms with Crippen molar-refractivity contribution in [3.63, 3.8) is 0 Å². The Bertz CT molecular complexity index is 946. The molecule has 2 aromatic heterocycles. The third kappa shape index (κ3) is 3.19. The van der Waals surface area contributed by atoms with Crippen LogP contribution in [0.5, 0.6) is 0 Å². The van der Waals surface area contributed by atoms with Crippen molar-refractivity contribution >= 4 is 27.2 Å². The number of benzene rings is 1. The van der Waals surface area contributed by atoms with Gasteiger partial charge < -0.3 is 15.0 Å². The molecule has 0 radical (unpaired) electrons. The van der Waals surface area contributed by atoms with Crippen LogP contribution in [-0.2, 0) is 19.4 Å². The molecule has 1 unspecified atom stereocenters. The van der Waals surface area contributed by atoms with Gasteiger partial charge in [0.1, 0.15) is 10.7 Å². The van der Waals surface area contributed by atoms with Gasteiger partial charge in [0.25, 0.3) is 5.56 Å². The van der Waals surface area contributed by atoms with Crippen LogP contribution in [0, 0.1) is 0 Å². The number of thiophene rings is 1. The van der Waals surface area contributed by atoms with Crippen molar-refractivity contribution in [3.8, 4) is 0 Å². The molecule has 0 aliphatic heterocycles. The summed E-state index contributed by atoms with van der Waals surface area (Å²) in [4.78, 5) is 24.5. The Hall–Kier alpha value is -2.18. The van der Waals surface area contributed by atoms with E-state index >= 15 is 0 Å². The van der Waals surface area contributed by atoms with Gasteiger partial charge in [-0.15, -0.1) is 11.3 Å². The first-order valence-electron chi connectivity index (χ1n) is 8.63. The predicted octanol–water partition coefficient (Wildman–Crippen LogP) is 2.86. The molecule has 2 N–H and O–H groups in total. The molecule has 0 bridgehead atoms. The molecule has 0 saturated carbocycles. The Kier molecular flexibility index (Phi) is 4.31. The predicted molar refractivity (Wildman–Crippen MR) is 101 cm³/mol. The molecule has 2 heterocycles. The van der Waals surface area contributed by atoms with Crippen LogP contribution in [-0.4, -0.2) is 27.7 Å². The zero-order valence-corrected chi connectivity index (χ0v) is 15.0. The summed E-state index contributed by atoms with van der Waals surface area (Å²) < 4.78 is 0. The Morgan fingerprint density at radius 2 is 2.12 bits per heavy atom. The number of nitrogens with one attached hydrogen (secondary N) is 1. The van der Waals surface area contributed by atoms with Crippen LogP contribution in [0.25, 0.3) is 10.2 Å². The highest BCUT2D eigenvalue weighted by Gasteiger charge is 2.21. The molecule has 5 nitrogen and oxygen atoms in total. The Balaban J connectivity index is 1.69. The van der Waals surface area contributed by atoms with Gasteiger partial charge in [0.15, 0.2) is 0 Å². The number of rotatable bonds is 5. The zero-order chi connectivity index (χ0) is 17.4. The van der Waals surface area contributed by atoms with Crippen LogP contribution >= 0.6 is 11.3 Å². The third-order valence-electron chi connectivity index (χ3n) is 4.57. The lowest BCUT2D eigenvalue weighted by Gasteiger charge is -2.25. The van der Waals surface area contributed by atoms with E-state index in [2.05, 4.69) is 4.98 Å². The standard InChI is InChI=1S/C19H21N3O2S/c1-12(23)10-22(13-6-3-2-4-7-13)11-16-20-18(24)17-14-8-5-9-15(14)25-19(17)21-16/h2-4,6-7,12,23H,5,8-11H2,1H3,(H,20,21,24). The van der Waals surface area contributed by atoms with Gasteiger partial charge in [0.05, 0.1) is 18.0 Å². The first-order chi connectivity index (χ1) is 12.1. The number of hydrogen-bond donors (Lipinski definition) is 2. The van der Waals surface area contributed by atoms with Gasteiger partial charge in [0.2, 0.25) is 0 Å². The van der Waals surface area contributed by atoms with Gasteiger partial charge in [-0.2, -0.15) is 0 Å². The monoisotopic (exact) mass is 355 g/mol. The molecule has 1 aliphatic rings. The van der Waals surface area contributed by atoms with Gasteiger partial charge in [-0.25, -0.2) is 4.98 Å². The first-order valence-corrected chi connectivity index (χ1v) is 9.45. The van der Waals surface area contributed by atoms with E-state index in [0.717, 1.165) is 35.2 Å². The van der Waals surface area contributed by atoms with Crippen molar-refractivity contribution in [1.29, 1.82) is 0 Å². The lowest BCUT2D eigenvalue weighted by Crippen LogP contribution is -2.32. The van der Waals surface area contributed by atoms with Crippen molar-refractivity contribution in [2.75, 3.05) is 11.4 Å². The fraction of sp³-hybridized carbons (Fsp3) is 0.368. The number of anilines is 1. The highest BCUT2D eigenvalue weighted by atomic mass is 32.1. The molecule has 1 aliphatic carbocycles. The number of para-hydroxylation sites is 1. The fourth-order valence-corrected chi connectivity index (χ4v) is 4.80. The van der Waals surface area contributed by atoms with E-state index in [1.54, 1.807) is 18.3 Å². The molecule has 0 fully saturated rings. The van der Waals surface area contributed by atoms with Crippen LogP contribution in [0.3, 0.4) is 0 Å². The average molecular weight is 355 g/mol. The molecule has 130 valence electrons. The molecular formula is C19H21N3O2S. The van der Waals surface area contributed by atoms with Gasteiger partial charge in [0, 0.05) is 17.1 Å². The lowest BCUT2D eigenvalue weighted by atomic mass is 10.2. The molecule has 0 amide bonds. The van der Waals surface area contributed by atoms with Gasteiger partial charge in [-0.1, -0.05) is 18.2 Å². The number of aliphatic hydroxyl groups is 1. The van der Waals surface area contributed by atoms with Gasteiger partial charge >= 0.3 is 0 Å². The van der Waals surface area contributed by atoms with Crippen molar-refractivity contribution in [3.05, 3.63) is 57.0 Å². The normalized spacial score (nSPS) is 14.6. The number of hydrogen-bond acceptors (Lipinski definition) is 5. The smallest absolute Gasteiger partial charge is 0.259 e.